The van der Waals surface area contributed by atoms with Crippen molar-refractivity contribution in [2.45, 2.75) is 51.6 Å². The van der Waals surface area contributed by atoms with Crippen molar-refractivity contribution < 1.29 is 4.79 Å². The molecule has 0 heterocycles. The first-order valence-electron chi connectivity index (χ1n) is 6.62. The van der Waals surface area contributed by atoms with Gasteiger partial charge in [0.25, 0.3) is 0 Å². The molecular weight excluding hydrogens is 224 g/mol. The fourth-order valence-corrected chi connectivity index (χ4v) is 1.78. The quantitative estimate of drug-likeness (QED) is 0.811. The maximum Gasteiger partial charge on any atom is 0.237 e. The Balaban J connectivity index is 2.57. The van der Waals surface area contributed by atoms with Crippen molar-refractivity contribution in [3.05, 3.63) is 35.9 Å². The SMILES string of the molecule is CCC(C)(CC)NC(=O)[C@@H](N)Cc1ccccc1. The molecule has 0 bridgehead atoms. The van der Waals surface area contributed by atoms with Crippen LogP contribution < -0.4 is 11.1 Å². The lowest BCUT2D eigenvalue weighted by atomic mass is 9.94. The van der Waals surface area contributed by atoms with Gasteiger partial charge in [-0.2, -0.15) is 0 Å². The monoisotopic (exact) mass is 248 g/mol. The van der Waals surface area contributed by atoms with Crippen LogP contribution in [0.4, 0.5) is 0 Å². The van der Waals surface area contributed by atoms with Crippen molar-refractivity contribution in [2.24, 2.45) is 5.73 Å². The summed E-state index contributed by atoms with van der Waals surface area (Å²) in [6.45, 7) is 6.21. The normalized spacial score (nSPS) is 13.1. The van der Waals surface area contributed by atoms with E-state index in [0.29, 0.717) is 6.42 Å². The number of nitrogens with two attached hydrogens (primary N) is 1. The van der Waals surface area contributed by atoms with E-state index >= 15 is 0 Å². The zero-order valence-electron chi connectivity index (χ0n) is 11.6. The summed E-state index contributed by atoms with van der Waals surface area (Å²) >= 11 is 0. The minimum absolute atomic E-state index is 0.0648. The van der Waals surface area contributed by atoms with E-state index in [1.165, 1.54) is 0 Å². The summed E-state index contributed by atoms with van der Waals surface area (Å²) in [6.07, 6.45) is 2.40. The standard InChI is InChI=1S/C15H24N2O/c1-4-15(3,5-2)17-14(18)13(16)11-12-9-7-6-8-10-12/h6-10,13H,4-5,11,16H2,1-3H3,(H,17,18)/t13-/m0/s1. The van der Waals surface area contributed by atoms with E-state index in [-0.39, 0.29) is 11.4 Å². The number of hydrogen-bond acceptors (Lipinski definition) is 2. The Hall–Kier alpha value is -1.35. The van der Waals surface area contributed by atoms with Crippen LogP contribution in [0.5, 0.6) is 0 Å². The molecule has 0 radical (unpaired) electrons. The highest BCUT2D eigenvalue weighted by Crippen LogP contribution is 2.14. The summed E-state index contributed by atoms with van der Waals surface area (Å²) in [4.78, 5) is 12.0. The number of benzene rings is 1. The average molecular weight is 248 g/mol. The molecule has 1 rings (SSSR count). The van der Waals surface area contributed by atoms with Crippen molar-refractivity contribution in [3.8, 4) is 0 Å². The topological polar surface area (TPSA) is 55.1 Å². The molecular formula is C15H24N2O. The Morgan fingerprint density at radius 2 is 1.83 bits per heavy atom. The average Bonchev–Trinajstić information content (AvgIpc) is 2.39. The summed E-state index contributed by atoms with van der Waals surface area (Å²) in [7, 11) is 0. The maximum absolute atomic E-state index is 12.0. The van der Waals surface area contributed by atoms with Crippen LogP contribution in [0.1, 0.15) is 39.2 Å². The van der Waals surface area contributed by atoms with E-state index < -0.39 is 6.04 Å². The van der Waals surface area contributed by atoms with Crippen molar-refractivity contribution in [2.75, 3.05) is 0 Å². The molecule has 0 saturated carbocycles. The zero-order chi connectivity index (χ0) is 13.6. The van der Waals surface area contributed by atoms with Gasteiger partial charge in [0.05, 0.1) is 6.04 Å². The Kier molecular flexibility index (Phi) is 5.35. The van der Waals surface area contributed by atoms with E-state index in [1.807, 2.05) is 30.3 Å². The van der Waals surface area contributed by atoms with Crippen LogP contribution in [0.2, 0.25) is 0 Å². The van der Waals surface area contributed by atoms with Crippen LogP contribution in [0.15, 0.2) is 30.3 Å². The number of amides is 1. The smallest absolute Gasteiger partial charge is 0.237 e. The maximum atomic E-state index is 12.0. The lowest BCUT2D eigenvalue weighted by molar-refractivity contribution is -0.124. The van der Waals surface area contributed by atoms with Gasteiger partial charge < -0.3 is 11.1 Å². The number of carbonyl (C=O) groups is 1. The van der Waals surface area contributed by atoms with Crippen molar-refractivity contribution in [1.29, 1.82) is 0 Å². The van der Waals surface area contributed by atoms with Crippen molar-refractivity contribution in [3.63, 3.8) is 0 Å². The van der Waals surface area contributed by atoms with E-state index in [4.69, 9.17) is 5.73 Å². The largest absolute Gasteiger partial charge is 0.350 e. The predicted octanol–water partition coefficient (Wildman–Crippen LogP) is 2.25. The van der Waals surface area contributed by atoms with Gasteiger partial charge in [0, 0.05) is 5.54 Å². The third-order valence-electron chi connectivity index (χ3n) is 3.62. The molecule has 18 heavy (non-hydrogen) atoms. The Morgan fingerprint density at radius 1 is 1.28 bits per heavy atom. The molecule has 1 atom stereocenters. The zero-order valence-corrected chi connectivity index (χ0v) is 11.6. The predicted molar refractivity (Wildman–Crippen MR) is 75.3 cm³/mol. The summed E-state index contributed by atoms with van der Waals surface area (Å²) < 4.78 is 0. The number of nitrogens with one attached hydrogen (secondary N) is 1. The molecule has 1 amide bonds. The molecule has 0 saturated heterocycles. The van der Waals surface area contributed by atoms with Gasteiger partial charge in [0.15, 0.2) is 0 Å². The molecule has 3 heteroatoms. The molecule has 0 aliphatic heterocycles. The molecule has 0 aromatic heterocycles. The van der Waals surface area contributed by atoms with Gasteiger partial charge in [-0.25, -0.2) is 0 Å². The van der Waals surface area contributed by atoms with Crippen LogP contribution >= 0.6 is 0 Å². The number of hydrogen-bond donors (Lipinski definition) is 2. The van der Waals surface area contributed by atoms with Crippen LogP contribution in [-0.4, -0.2) is 17.5 Å². The third-order valence-corrected chi connectivity index (χ3v) is 3.62. The van der Waals surface area contributed by atoms with E-state index in [2.05, 4.69) is 26.1 Å². The second-order valence-electron chi connectivity index (χ2n) is 5.05. The minimum atomic E-state index is -0.482. The summed E-state index contributed by atoms with van der Waals surface area (Å²) in [5.74, 6) is -0.0648. The van der Waals surface area contributed by atoms with Crippen LogP contribution in [0, 0.1) is 0 Å². The van der Waals surface area contributed by atoms with Crippen molar-refractivity contribution in [1.82, 2.24) is 5.32 Å². The molecule has 0 aliphatic carbocycles. The fourth-order valence-electron chi connectivity index (χ4n) is 1.78. The molecule has 3 N–H and O–H groups in total. The first-order chi connectivity index (χ1) is 8.50. The molecule has 0 unspecified atom stereocenters. The lowest BCUT2D eigenvalue weighted by Gasteiger charge is -2.29. The van der Waals surface area contributed by atoms with Gasteiger partial charge >= 0.3 is 0 Å². The molecule has 1 aromatic carbocycles. The fraction of sp³-hybridized carbons (Fsp3) is 0.533. The van der Waals surface area contributed by atoms with E-state index in [9.17, 15) is 4.79 Å². The number of carbonyl (C=O) groups excluding carboxylic acids is 1. The Morgan fingerprint density at radius 3 is 2.33 bits per heavy atom. The molecule has 0 fully saturated rings. The van der Waals surface area contributed by atoms with E-state index in [0.717, 1.165) is 18.4 Å². The summed E-state index contributed by atoms with van der Waals surface area (Å²) in [5, 5.41) is 3.05. The van der Waals surface area contributed by atoms with Gasteiger partial charge in [0.1, 0.15) is 0 Å². The van der Waals surface area contributed by atoms with Crippen LogP contribution in [0.3, 0.4) is 0 Å². The minimum Gasteiger partial charge on any atom is -0.350 e. The lowest BCUT2D eigenvalue weighted by Crippen LogP contribution is -2.52. The van der Waals surface area contributed by atoms with Crippen LogP contribution in [-0.2, 0) is 11.2 Å². The first-order valence-corrected chi connectivity index (χ1v) is 6.62. The first kappa shape index (κ1) is 14.7. The summed E-state index contributed by atoms with van der Waals surface area (Å²) in [5.41, 5.74) is 6.90. The van der Waals surface area contributed by atoms with Gasteiger partial charge in [-0.15, -0.1) is 0 Å². The molecule has 0 spiro atoms. The van der Waals surface area contributed by atoms with Gasteiger partial charge in [-0.05, 0) is 31.7 Å². The molecule has 0 aliphatic rings. The Labute approximate surface area is 110 Å². The van der Waals surface area contributed by atoms with Gasteiger partial charge in [-0.3, -0.25) is 4.79 Å². The molecule has 100 valence electrons. The van der Waals surface area contributed by atoms with Crippen LogP contribution in [0.25, 0.3) is 0 Å². The second-order valence-corrected chi connectivity index (χ2v) is 5.05. The van der Waals surface area contributed by atoms with Crippen molar-refractivity contribution >= 4 is 5.91 Å². The number of rotatable bonds is 6. The highest BCUT2D eigenvalue weighted by molar-refractivity contribution is 5.82. The third kappa shape index (κ3) is 4.15. The second kappa shape index (κ2) is 6.55. The Bertz CT molecular complexity index is 371. The molecule has 1 aromatic rings. The highest BCUT2D eigenvalue weighted by Gasteiger charge is 2.24. The highest BCUT2D eigenvalue weighted by atomic mass is 16.2. The van der Waals surface area contributed by atoms with Gasteiger partial charge in [-0.1, -0.05) is 44.2 Å². The molecule has 3 nitrogen and oxygen atoms in total. The van der Waals surface area contributed by atoms with Gasteiger partial charge in [0.2, 0.25) is 5.91 Å². The van der Waals surface area contributed by atoms with E-state index in [1.54, 1.807) is 0 Å². The summed E-state index contributed by atoms with van der Waals surface area (Å²) in [6, 6.07) is 9.38.